The second-order valence-electron chi connectivity index (χ2n) is 7.43. The summed E-state index contributed by atoms with van der Waals surface area (Å²) in [4.78, 5) is 36.5. The molecule has 0 saturated carbocycles. The number of carbonyl (C=O) groups is 2. The predicted molar refractivity (Wildman–Crippen MR) is 121 cm³/mol. The highest BCUT2D eigenvalue weighted by atomic mass is 32.1. The van der Waals surface area contributed by atoms with Gasteiger partial charge in [-0.25, -0.2) is 9.97 Å². The minimum Gasteiger partial charge on any atom is -0.469 e. The normalized spacial score (nSPS) is 16.2. The number of fused-ring (bicyclic) bond motifs is 1. The Hall–Kier alpha value is -3.04. The molecule has 0 aliphatic carbocycles. The Labute approximate surface area is 186 Å². The zero-order valence-electron chi connectivity index (χ0n) is 16.8. The second-order valence-corrected chi connectivity index (χ2v) is 9.35. The Bertz CT molecular complexity index is 1230. The lowest BCUT2D eigenvalue weighted by atomic mass is 10.2. The predicted octanol–water partition coefficient (Wildman–Crippen LogP) is 4.81. The van der Waals surface area contributed by atoms with E-state index >= 15 is 0 Å². The van der Waals surface area contributed by atoms with Crippen LogP contribution >= 0.6 is 22.7 Å². The number of aryl methyl sites for hydroxylation is 1. The summed E-state index contributed by atoms with van der Waals surface area (Å²) in [6.07, 6.45) is 3.58. The Morgan fingerprint density at radius 1 is 1.26 bits per heavy atom. The van der Waals surface area contributed by atoms with E-state index in [0.717, 1.165) is 34.6 Å². The number of aromatic nitrogens is 2. The van der Waals surface area contributed by atoms with E-state index in [0.29, 0.717) is 22.1 Å². The quantitative estimate of drug-likeness (QED) is 0.469. The molecule has 9 heteroatoms. The van der Waals surface area contributed by atoms with Gasteiger partial charge < -0.3 is 9.32 Å². The van der Waals surface area contributed by atoms with E-state index in [-0.39, 0.29) is 24.3 Å². The van der Waals surface area contributed by atoms with Crippen molar-refractivity contribution in [1.29, 1.82) is 0 Å². The molecule has 1 atom stereocenters. The Balaban J connectivity index is 1.26. The lowest BCUT2D eigenvalue weighted by molar-refractivity contribution is -0.131. The van der Waals surface area contributed by atoms with Crippen LogP contribution in [0.2, 0.25) is 0 Å². The molecule has 2 amide bonds. The molecule has 158 valence electrons. The summed E-state index contributed by atoms with van der Waals surface area (Å²) < 4.78 is 6.31. The van der Waals surface area contributed by atoms with Gasteiger partial charge in [0.25, 0.3) is 5.91 Å². The van der Waals surface area contributed by atoms with Crippen LogP contribution in [0.3, 0.4) is 0 Å². The number of likely N-dealkylation sites (tertiary alicyclic amines) is 1. The molecule has 5 rings (SSSR count). The van der Waals surface area contributed by atoms with Crippen molar-refractivity contribution in [2.45, 2.75) is 32.2 Å². The van der Waals surface area contributed by atoms with Gasteiger partial charge in [0, 0.05) is 11.9 Å². The van der Waals surface area contributed by atoms with Gasteiger partial charge >= 0.3 is 0 Å². The van der Waals surface area contributed by atoms with E-state index in [9.17, 15) is 9.59 Å². The molecule has 0 bridgehead atoms. The van der Waals surface area contributed by atoms with Crippen LogP contribution in [0.4, 0.5) is 5.13 Å². The Morgan fingerprint density at radius 3 is 2.94 bits per heavy atom. The average Bonchev–Trinajstić information content (AvgIpc) is 3.53. The number of hydrogen-bond donors (Lipinski definition) is 1. The molecule has 1 saturated heterocycles. The van der Waals surface area contributed by atoms with Crippen LogP contribution in [0.15, 0.2) is 46.4 Å². The average molecular weight is 453 g/mol. The van der Waals surface area contributed by atoms with Gasteiger partial charge in [-0.15, -0.1) is 22.7 Å². The van der Waals surface area contributed by atoms with Crippen molar-refractivity contribution in [3.05, 3.63) is 64.0 Å². The number of nitrogens with zero attached hydrogens (tertiary/aromatic N) is 3. The number of rotatable bonds is 5. The molecule has 31 heavy (non-hydrogen) atoms. The van der Waals surface area contributed by atoms with Crippen molar-refractivity contribution in [3.63, 3.8) is 0 Å². The van der Waals surface area contributed by atoms with Crippen molar-refractivity contribution in [2.75, 3.05) is 11.9 Å². The van der Waals surface area contributed by atoms with Crippen molar-refractivity contribution >= 4 is 49.8 Å². The van der Waals surface area contributed by atoms with Crippen LogP contribution in [0.25, 0.3) is 10.2 Å². The lowest BCUT2D eigenvalue weighted by Crippen LogP contribution is -2.31. The number of furan rings is 1. The molecule has 1 N–H and O–H groups in total. The van der Waals surface area contributed by atoms with E-state index in [4.69, 9.17) is 9.40 Å². The number of carbonyl (C=O) groups excluding carboxylic acids is 2. The first kappa shape index (κ1) is 19.9. The van der Waals surface area contributed by atoms with Gasteiger partial charge in [0.2, 0.25) is 5.91 Å². The SMILES string of the molecule is Cc1occc1C(=O)Nc1nc(CC(=O)N2CCCC2c2nc3ccccc3s2)cs1. The number of nitrogens with one attached hydrogen (secondary N) is 1. The van der Waals surface area contributed by atoms with Gasteiger partial charge in [0.15, 0.2) is 5.13 Å². The first-order chi connectivity index (χ1) is 15.1. The summed E-state index contributed by atoms with van der Waals surface area (Å²) in [5, 5.41) is 6.06. The molecule has 4 aromatic rings. The number of anilines is 1. The third-order valence-corrected chi connectivity index (χ3v) is 7.32. The molecule has 1 fully saturated rings. The summed E-state index contributed by atoms with van der Waals surface area (Å²) in [5.41, 5.74) is 2.11. The molecule has 4 heterocycles. The van der Waals surface area contributed by atoms with E-state index in [2.05, 4.69) is 16.4 Å². The Kier molecular flexibility index (Phi) is 5.29. The first-order valence-corrected chi connectivity index (χ1v) is 11.7. The van der Waals surface area contributed by atoms with Gasteiger partial charge in [-0.2, -0.15) is 0 Å². The number of benzene rings is 1. The number of amides is 2. The zero-order chi connectivity index (χ0) is 21.4. The van der Waals surface area contributed by atoms with Crippen molar-refractivity contribution in [2.24, 2.45) is 0 Å². The molecule has 1 aliphatic rings. The van der Waals surface area contributed by atoms with Gasteiger partial charge in [-0.05, 0) is 38.0 Å². The van der Waals surface area contributed by atoms with Gasteiger partial charge in [0.1, 0.15) is 10.8 Å². The van der Waals surface area contributed by atoms with Crippen molar-refractivity contribution < 1.29 is 14.0 Å². The maximum absolute atomic E-state index is 13.0. The Morgan fingerprint density at radius 2 is 2.13 bits per heavy atom. The molecule has 7 nitrogen and oxygen atoms in total. The van der Waals surface area contributed by atoms with Crippen LogP contribution in [0.5, 0.6) is 0 Å². The third kappa shape index (κ3) is 3.98. The standard InChI is InChI=1S/C22H20N4O3S2/c1-13-15(8-10-29-13)20(28)25-22-23-14(12-30-22)11-19(27)26-9-4-6-17(26)21-24-16-5-2-3-7-18(16)31-21/h2-3,5,7-8,10,12,17H,4,6,9,11H2,1H3,(H,23,25,28). The van der Waals surface area contributed by atoms with Gasteiger partial charge in [-0.3, -0.25) is 14.9 Å². The van der Waals surface area contributed by atoms with Crippen LogP contribution in [0.1, 0.15) is 45.7 Å². The third-order valence-electron chi connectivity index (χ3n) is 5.38. The van der Waals surface area contributed by atoms with Crippen LogP contribution in [-0.4, -0.2) is 33.2 Å². The monoisotopic (exact) mass is 452 g/mol. The lowest BCUT2D eigenvalue weighted by Gasteiger charge is -2.22. The van der Waals surface area contributed by atoms with Crippen LogP contribution in [0, 0.1) is 6.92 Å². The molecular weight excluding hydrogens is 432 g/mol. The molecule has 0 radical (unpaired) electrons. The van der Waals surface area contributed by atoms with Crippen molar-refractivity contribution in [3.8, 4) is 0 Å². The summed E-state index contributed by atoms with van der Waals surface area (Å²) in [7, 11) is 0. The zero-order valence-corrected chi connectivity index (χ0v) is 18.5. The smallest absolute Gasteiger partial charge is 0.260 e. The van der Waals surface area contributed by atoms with Crippen LogP contribution in [-0.2, 0) is 11.2 Å². The minimum atomic E-state index is -0.270. The van der Waals surface area contributed by atoms with E-state index in [1.54, 1.807) is 24.3 Å². The highest BCUT2D eigenvalue weighted by Gasteiger charge is 2.32. The molecule has 0 spiro atoms. The summed E-state index contributed by atoms with van der Waals surface area (Å²) in [6.45, 7) is 2.46. The van der Waals surface area contributed by atoms with Gasteiger partial charge in [-0.1, -0.05) is 12.1 Å². The largest absolute Gasteiger partial charge is 0.469 e. The summed E-state index contributed by atoms with van der Waals surface area (Å²) >= 11 is 2.97. The summed E-state index contributed by atoms with van der Waals surface area (Å²) in [6, 6.07) is 9.70. The van der Waals surface area contributed by atoms with E-state index in [1.165, 1.54) is 17.6 Å². The van der Waals surface area contributed by atoms with Gasteiger partial charge in [0.05, 0.1) is 40.2 Å². The molecule has 1 unspecified atom stereocenters. The van der Waals surface area contributed by atoms with Crippen LogP contribution < -0.4 is 5.32 Å². The highest BCUT2D eigenvalue weighted by molar-refractivity contribution is 7.18. The number of thiazole rings is 2. The summed E-state index contributed by atoms with van der Waals surface area (Å²) in [5.74, 6) is 0.323. The maximum atomic E-state index is 13.0. The topological polar surface area (TPSA) is 88.3 Å². The molecular formula is C22H20N4O3S2. The fourth-order valence-electron chi connectivity index (χ4n) is 3.84. The first-order valence-electron chi connectivity index (χ1n) is 10.0. The number of para-hydroxylation sites is 1. The maximum Gasteiger partial charge on any atom is 0.260 e. The van der Waals surface area contributed by atoms with Crippen molar-refractivity contribution in [1.82, 2.24) is 14.9 Å². The second kappa shape index (κ2) is 8.24. The molecule has 1 aromatic carbocycles. The molecule has 3 aromatic heterocycles. The highest BCUT2D eigenvalue weighted by Crippen LogP contribution is 2.36. The fourth-order valence-corrected chi connectivity index (χ4v) is 5.66. The van der Waals surface area contributed by atoms with E-state index < -0.39 is 0 Å². The minimum absolute atomic E-state index is 0.0202. The number of hydrogen-bond acceptors (Lipinski definition) is 7. The fraction of sp³-hybridized carbons (Fsp3) is 0.273. The molecule has 1 aliphatic heterocycles. The van der Waals surface area contributed by atoms with E-state index in [1.807, 2.05) is 28.5 Å².